The van der Waals surface area contributed by atoms with E-state index in [1.54, 1.807) is 17.0 Å². The standard InChI is InChI=1S/C23H29N5O2.HI/c1-3-16(2)18-8-10-20(11-9-18)27-23(24)26-14-17-4-6-19(7-5-17)22(30)28-13-12-25-21(29)15-28;/h4-11,16H,3,12-15H2,1-2H3,(H,25,29)(H3,24,26,27);1H. The van der Waals surface area contributed by atoms with Crippen molar-refractivity contribution in [3.8, 4) is 0 Å². The van der Waals surface area contributed by atoms with E-state index in [2.05, 4.69) is 41.6 Å². The van der Waals surface area contributed by atoms with Gasteiger partial charge in [0.05, 0.1) is 13.1 Å². The molecule has 1 aliphatic heterocycles. The Morgan fingerprint density at radius 2 is 1.87 bits per heavy atom. The number of benzene rings is 2. The van der Waals surface area contributed by atoms with Gasteiger partial charge in [-0.3, -0.25) is 9.59 Å². The van der Waals surface area contributed by atoms with Crippen LogP contribution in [0.25, 0.3) is 0 Å². The number of nitrogens with zero attached hydrogens (tertiary/aromatic N) is 2. The van der Waals surface area contributed by atoms with Crippen molar-refractivity contribution in [1.82, 2.24) is 10.2 Å². The highest BCUT2D eigenvalue weighted by atomic mass is 127. The minimum Gasteiger partial charge on any atom is -0.370 e. The molecule has 31 heavy (non-hydrogen) atoms. The summed E-state index contributed by atoms with van der Waals surface area (Å²) in [6.45, 7) is 5.91. The zero-order chi connectivity index (χ0) is 21.5. The van der Waals surface area contributed by atoms with Gasteiger partial charge in [0.2, 0.25) is 5.91 Å². The quantitative estimate of drug-likeness (QED) is 0.300. The Balaban J connectivity index is 0.00000341. The molecule has 1 unspecified atom stereocenters. The summed E-state index contributed by atoms with van der Waals surface area (Å²) in [5.41, 5.74) is 9.71. The van der Waals surface area contributed by atoms with Gasteiger partial charge < -0.3 is 21.3 Å². The summed E-state index contributed by atoms with van der Waals surface area (Å²) >= 11 is 0. The van der Waals surface area contributed by atoms with Gasteiger partial charge in [-0.25, -0.2) is 4.99 Å². The number of guanidine groups is 1. The Labute approximate surface area is 200 Å². The lowest BCUT2D eigenvalue weighted by molar-refractivity contribution is -0.123. The summed E-state index contributed by atoms with van der Waals surface area (Å²) < 4.78 is 0. The van der Waals surface area contributed by atoms with Crippen molar-refractivity contribution in [1.29, 1.82) is 0 Å². The molecule has 4 N–H and O–H groups in total. The molecule has 2 aromatic carbocycles. The van der Waals surface area contributed by atoms with Crippen LogP contribution in [0.15, 0.2) is 53.5 Å². The minimum absolute atomic E-state index is 0. The van der Waals surface area contributed by atoms with E-state index in [0.29, 0.717) is 37.1 Å². The van der Waals surface area contributed by atoms with Crippen LogP contribution in [0.1, 0.15) is 47.7 Å². The van der Waals surface area contributed by atoms with Gasteiger partial charge in [-0.05, 0) is 47.7 Å². The molecule has 8 heteroatoms. The van der Waals surface area contributed by atoms with E-state index in [1.807, 2.05) is 24.3 Å². The van der Waals surface area contributed by atoms with Crippen molar-refractivity contribution in [2.24, 2.45) is 10.7 Å². The summed E-state index contributed by atoms with van der Waals surface area (Å²) in [5.74, 6) is 0.609. The monoisotopic (exact) mass is 535 g/mol. The normalized spacial score (nSPS) is 15.0. The average molecular weight is 535 g/mol. The van der Waals surface area contributed by atoms with Crippen molar-refractivity contribution in [2.75, 3.05) is 25.0 Å². The van der Waals surface area contributed by atoms with Gasteiger partial charge in [0, 0.05) is 24.3 Å². The van der Waals surface area contributed by atoms with Gasteiger partial charge in [-0.15, -0.1) is 24.0 Å². The lowest BCUT2D eigenvalue weighted by Gasteiger charge is -2.26. The predicted molar refractivity (Wildman–Crippen MR) is 135 cm³/mol. The number of hydrogen-bond acceptors (Lipinski definition) is 3. The molecule has 0 saturated carbocycles. The zero-order valence-electron chi connectivity index (χ0n) is 17.9. The van der Waals surface area contributed by atoms with Crippen molar-refractivity contribution in [2.45, 2.75) is 32.7 Å². The maximum absolute atomic E-state index is 12.5. The van der Waals surface area contributed by atoms with Crippen LogP contribution in [-0.2, 0) is 11.3 Å². The molecule has 2 amide bonds. The number of carbonyl (C=O) groups excluding carboxylic acids is 2. The van der Waals surface area contributed by atoms with Crippen LogP contribution in [0.2, 0.25) is 0 Å². The third kappa shape index (κ3) is 6.95. The molecule has 0 bridgehead atoms. The second kappa shape index (κ2) is 11.7. The second-order valence-electron chi connectivity index (χ2n) is 7.53. The Kier molecular flexibility index (Phi) is 9.29. The molecular weight excluding hydrogens is 505 g/mol. The molecule has 7 nitrogen and oxygen atoms in total. The fourth-order valence-corrected chi connectivity index (χ4v) is 3.24. The highest BCUT2D eigenvalue weighted by Crippen LogP contribution is 2.20. The predicted octanol–water partition coefficient (Wildman–Crippen LogP) is 3.32. The number of halogens is 1. The fraction of sp³-hybridized carbons (Fsp3) is 0.348. The molecule has 0 aliphatic carbocycles. The maximum atomic E-state index is 12.5. The van der Waals surface area contributed by atoms with Gasteiger partial charge in [0.1, 0.15) is 0 Å². The van der Waals surface area contributed by atoms with Crippen LogP contribution < -0.4 is 16.4 Å². The first kappa shape index (κ1) is 24.6. The molecular formula is C23H30IN5O2. The number of anilines is 1. The molecule has 2 aromatic rings. The van der Waals surface area contributed by atoms with Gasteiger partial charge in [0.25, 0.3) is 5.91 Å². The number of nitrogens with one attached hydrogen (secondary N) is 2. The number of nitrogens with two attached hydrogens (primary N) is 1. The Morgan fingerprint density at radius 3 is 2.48 bits per heavy atom. The van der Waals surface area contributed by atoms with Crippen molar-refractivity contribution < 1.29 is 9.59 Å². The Hall–Kier alpha value is -2.62. The number of rotatable bonds is 6. The van der Waals surface area contributed by atoms with Crippen LogP contribution in [-0.4, -0.2) is 42.3 Å². The SMILES string of the molecule is CCC(C)c1ccc(NC(N)=NCc2ccc(C(=O)N3CCNC(=O)C3)cc2)cc1.I. The number of piperazine rings is 1. The van der Waals surface area contributed by atoms with E-state index in [9.17, 15) is 9.59 Å². The Morgan fingerprint density at radius 1 is 1.19 bits per heavy atom. The molecule has 0 spiro atoms. The fourth-order valence-electron chi connectivity index (χ4n) is 3.24. The van der Waals surface area contributed by atoms with Crippen molar-refractivity contribution in [3.63, 3.8) is 0 Å². The van der Waals surface area contributed by atoms with E-state index < -0.39 is 0 Å². The summed E-state index contributed by atoms with van der Waals surface area (Å²) in [6, 6.07) is 15.4. The smallest absolute Gasteiger partial charge is 0.254 e. The molecule has 0 aromatic heterocycles. The van der Waals surface area contributed by atoms with E-state index >= 15 is 0 Å². The van der Waals surface area contributed by atoms with E-state index in [1.165, 1.54) is 5.56 Å². The number of amides is 2. The average Bonchev–Trinajstić information content (AvgIpc) is 2.77. The van der Waals surface area contributed by atoms with Crippen molar-refractivity contribution >= 4 is 47.4 Å². The summed E-state index contributed by atoms with van der Waals surface area (Å²) in [6.07, 6.45) is 1.11. The van der Waals surface area contributed by atoms with Gasteiger partial charge in [-0.1, -0.05) is 38.1 Å². The third-order valence-electron chi connectivity index (χ3n) is 5.32. The first-order chi connectivity index (χ1) is 14.5. The van der Waals surface area contributed by atoms with Crippen molar-refractivity contribution in [3.05, 3.63) is 65.2 Å². The molecule has 0 radical (unpaired) electrons. The highest BCUT2D eigenvalue weighted by molar-refractivity contribution is 14.0. The summed E-state index contributed by atoms with van der Waals surface area (Å²) in [7, 11) is 0. The van der Waals surface area contributed by atoms with E-state index in [-0.39, 0.29) is 42.3 Å². The van der Waals surface area contributed by atoms with Gasteiger partial charge in [-0.2, -0.15) is 0 Å². The first-order valence-electron chi connectivity index (χ1n) is 10.3. The second-order valence-corrected chi connectivity index (χ2v) is 7.53. The van der Waals surface area contributed by atoms with E-state index in [4.69, 9.17) is 5.73 Å². The van der Waals surface area contributed by atoms with Gasteiger partial charge in [0.15, 0.2) is 5.96 Å². The first-order valence-corrected chi connectivity index (χ1v) is 10.3. The number of hydrogen-bond donors (Lipinski definition) is 3. The lowest BCUT2D eigenvalue weighted by Crippen LogP contribution is -2.49. The van der Waals surface area contributed by atoms with Crippen LogP contribution in [0.4, 0.5) is 5.69 Å². The molecule has 1 fully saturated rings. The topological polar surface area (TPSA) is 99.8 Å². The van der Waals surface area contributed by atoms with Crippen LogP contribution in [0.5, 0.6) is 0 Å². The molecule has 1 aliphatic rings. The lowest BCUT2D eigenvalue weighted by atomic mass is 9.99. The van der Waals surface area contributed by atoms with Gasteiger partial charge >= 0.3 is 0 Å². The molecule has 1 heterocycles. The highest BCUT2D eigenvalue weighted by Gasteiger charge is 2.22. The zero-order valence-corrected chi connectivity index (χ0v) is 20.3. The molecule has 3 rings (SSSR count). The third-order valence-corrected chi connectivity index (χ3v) is 5.32. The summed E-state index contributed by atoms with van der Waals surface area (Å²) in [4.78, 5) is 29.9. The van der Waals surface area contributed by atoms with Crippen LogP contribution in [0, 0.1) is 0 Å². The minimum atomic E-state index is -0.137. The molecule has 1 saturated heterocycles. The molecule has 1 atom stereocenters. The Bertz CT molecular complexity index is 913. The maximum Gasteiger partial charge on any atom is 0.254 e. The van der Waals surface area contributed by atoms with E-state index in [0.717, 1.165) is 17.7 Å². The number of aliphatic imine (C=N–C) groups is 1. The number of carbonyl (C=O) groups is 2. The largest absolute Gasteiger partial charge is 0.370 e. The summed E-state index contributed by atoms with van der Waals surface area (Å²) in [5, 5.41) is 5.82. The van der Waals surface area contributed by atoms with Crippen LogP contribution >= 0.6 is 24.0 Å². The van der Waals surface area contributed by atoms with Crippen LogP contribution in [0.3, 0.4) is 0 Å². The molecule has 166 valence electrons.